The molecule has 0 fully saturated rings. The van der Waals surface area contributed by atoms with E-state index < -0.39 is 21.2 Å². The first-order chi connectivity index (χ1) is 7.11. The number of hydrogen-bond acceptors (Lipinski definition) is 2. The predicted octanol–water partition coefficient (Wildman–Crippen LogP) is -0.0958. The summed E-state index contributed by atoms with van der Waals surface area (Å²) in [5.74, 6) is 0. The summed E-state index contributed by atoms with van der Waals surface area (Å²) in [6, 6.07) is 7.03. The van der Waals surface area contributed by atoms with Crippen molar-refractivity contribution in [1.82, 2.24) is 0 Å². The number of halogens is 2. The van der Waals surface area contributed by atoms with Gasteiger partial charge in [-0.05, 0) is 0 Å². The summed E-state index contributed by atoms with van der Waals surface area (Å²) in [4.78, 5) is 23.7. The van der Waals surface area contributed by atoms with Crippen LogP contribution in [0.25, 0.3) is 0 Å². The molecule has 0 bridgehead atoms. The van der Waals surface area contributed by atoms with Crippen molar-refractivity contribution in [2.75, 3.05) is 15.6 Å². The summed E-state index contributed by atoms with van der Waals surface area (Å²) < 4.78 is -0.0525. The van der Waals surface area contributed by atoms with Crippen LogP contribution in [0.3, 0.4) is 0 Å². The fourth-order valence-electron chi connectivity index (χ4n) is 0.911. The summed E-state index contributed by atoms with van der Waals surface area (Å²) >= 11 is 1.24. The number of alkyl halides is 1. The second-order valence-corrected chi connectivity index (χ2v) is 5.60. The Hall–Kier alpha value is -0.380. The van der Waals surface area contributed by atoms with Crippen molar-refractivity contribution >= 4 is 41.8 Å². The van der Waals surface area contributed by atoms with Crippen molar-refractivity contribution in [1.29, 1.82) is 0 Å². The molecule has 1 aromatic carbocycles. The first-order valence-corrected chi connectivity index (χ1v) is 8.30. The van der Waals surface area contributed by atoms with Gasteiger partial charge in [0.1, 0.15) is 0 Å². The minimum absolute atomic E-state index is 0.0828. The van der Waals surface area contributed by atoms with Gasteiger partial charge in [-0.25, -0.2) is 0 Å². The zero-order valence-corrected chi connectivity index (χ0v) is 12.2. The fraction of sp³-hybridized carbons (Fsp3) is 0.111. The van der Waals surface area contributed by atoms with Gasteiger partial charge in [-0.15, -0.1) is 0 Å². The van der Waals surface area contributed by atoms with Crippen LogP contribution < -0.4 is 31.8 Å². The topological polar surface area (TPSA) is 58.2 Å². The van der Waals surface area contributed by atoms with E-state index >= 15 is 0 Å². The van der Waals surface area contributed by atoms with E-state index in [0.29, 0.717) is 0 Å². The van der Waals surface area contributed by atoms with Crippen LogP contribution in [-0.2, 0) is 0 Å². The van der Waals surface area contributed by atoms with E-state index in [-0.39, 0.29) is 7.83 Å². The number of anilines is 2. The maximum absolute atomic E-state index is 11.1. The molecular formula is C9H9I2N2O2-. The second-order valence-electron chi connectivity index (χ2n) is 2.56. The monoisotopic (exact) mass is 431 g/mol. The summed E-state index contributed by atoms with van der Waals surface area (Å²) in [5, 5.41) is 5.41. The molecule has 0 aromatic heterocycles. The Kier molecular flexibility index (Phi) is 5.29. The van der Waals surface area contributed by atoms with Crippen LogP contribution in [0.15, 0.2) is 24.3 Å². The van der Waals surface area contributed by atoms with Gasteiger partial charge in [-0.3, -0.25) is 0 Å². The third-order valence-corrected chi connectivity index (χ3v) is 3.06. The van der Waals surface area contributed by atoms with E-state index in [1.807, 2.05) is 4.93 Å². The molecule has 0 aliphatic carbocycles. The summed E-state index contributed by atoms with van der Waals surface area (Å²) in [6.45, 7) is 0. The molecular weight excluding hydrogens is 422 g/mol. The van der Waals surface area contributed by atoms with Gasteiger partial charge in [0.05, 0.1) is 0 Å². The SMILES string of the molecule is C[I-]C(=O)Nc1ccc(NC(=O)I)cc1. The molecule has 1 rings (SSSR count). The van der Waals surface area contributed by atoms with Crippen molar-refractivity contribution < 1.29 is 30.8 Å². The Morgan fingerprint density at radius 2 is 1.60 bits per heavy atom. The summed E-state index contributed by atoms with van der Waals surface area (Å²) in [7, 11) is 0. The van der Waals surface area contributed by atoms with Crippen LogP contribution in [0.4, 0.5) is 21.0 Å². The molecule has 0 radical (unpaired) electrons. The molecule has 2 N–H and O–H groups in total. The third-order valence-electron chi connectivity index (χ3n) is 1.54. The third kappa shape index (κ3) is 4.78. The van der Waals surface area contributed by atoms with E-state index in [0.717, 1.165) is 11.4 Å². The normalized spacial score (nSPS) is 9.73. The van der Waals surface area contributed by atoms with Gasteiger partial charge in [0.15, 0.2) is 0 Å². The molecule has 2 amide bonds. The van der Waals surface area contributed by atoms with Crippen molar-refractivity contribution in [3.8, 4) is 0 Å². The second kappa shape index (κ2) is 6.26. The van der Waals surface area contributed by atoms with Crippen LogP contribution >= 0.6 is 22.6 Å². The first kappa shape index (κ1) is 12.7. The molecule has 0 heterocycles. The Morgan fingerprint density at radius 3 is 2.00 bits per heavy atom. The fourth-order valence-corrected chi connectivity index (χ4v) is 1.80. The van der Waals surface area contributed by atoms with E-state index in [1.165, 1.54) is 0 Å². The number of hydrogen-bond donors (Lipinski definition) is 2. The Labute approximate surface area is 112 Å². The van der Waals surface area contributed by atoms with Gasteiger partial charge in [-0.1, -0.05) is 0 Å². The van der Waals surface area contributed by atoms with E-state index in [4.69, 9.17) is 0 Å². The molecule has 1 aromatic rings. The van der Waals surface area contributed by atoms with Gasteiger partial charge in [0.2, 0.25) is 0 Å². The summed E-state index contributed by atoms with van der Waals surface area (Å²) in [6.07, 6.45) is 0. The average Bonchev–Trinajstić information content (AvgIpc) is 2.20. The molecule has 0 aliphatic heterocycles. The molecule has 6 heteroatoms. The quantitative estimate of drug-likeness (QED) is 0.304. The number of amides is 2. The molecule has 15 heavy (non-hydrogen) atoms. The number of carbonyl (C=O) groups excluding carboxylic acids is 2. The van der Waals surface area contributed by atoms with Gasteiger partial charge < -0.3 is 0 Å². The van der Waals surface area contributed by atoms with Crippen molar-refractivity contribution in [2.24, 2.45) is 0 Å². The zero-order valence-electron chi connectivity index (χ0n) is 7.88. The molecule has 0 saturated carbocycles. The first-order valence-electron chi connectivity index (χ1n) is 3.99. The number of nitrogens with one attached hydrogen (secondary N) is 2. The molecule has 0 atom stereocenters. The van der Waals surface area contributed by atoms with E-state index in [9.17, 15) is 9.59 Å². The van der Waals surface area contributed by atoms with Gasteiger partial charge in [0, 0.05) is 0 Å². The Bertz CT molecular complexity index is 365. The Balaban J connectivity index is 2.64. The van der Waals surface area contributed by atoms with Crippen LogP contribution in [0.5, 0.6) is 0 Å². The number of rotatable bonds is 3. The number of carbonyl (C=O) groups is 2. The van der Waals surface area contributed by atoms with Crippen molar-refractivity contribution in [3.05, 3.63) is 24.3 Å². The molecule has 0 spiro atoms. The molecule has 0 unspecified atom stereocenters. The van der Waals surface area contributed by atoms with Gasteiger partial charge in [-0.2, -0.15) is 0 Å². The molecule has 82 valence electrons. The van der Waals surface area contributed by atoms with Gasteiger partial charge >= 0.3 is 112 Å². The molecule has 0 saturated heterocycles. The van der Waals surface area contributed by atoms with Gasteiger partial charge in [0.25, 0.3) is 0 Å². The summed E-state index contributed by atoms with van der Waals surface area (Å²) in [5.41, 5.74) is 1.48. The predicted molar refractivity (Wildman–Crippen MR) is 64.4 cm³/mol. The standard InChI is InChI=1S/C9H9I2N2O2/c1-11-9(15)13-7-4-2-6(3-5-7)12-8(10)14/h2-5H,1H3,(H,12,14)(H,13,15)/q-1. The molecule has 4 nitrogen and oxygen atoms in total. The van der Waals surface area contributed by atoms with Crippen LogP contribution in [0, 0.1) is 0 Å². The van der Waals surface area contributed by atoms with Crippen LogP contribution in [-0.4, -0.2) is 12.8 Å². The van der Waals surface area contributed by atoms with E-state index in [1.54, 1.807) is 46.9 Å². The zero-order chi connectivity index (χ0) is 11.3. The van der Waals surface area contributed by atoms with Crippen LogP contribution in [0.2, 0.25) is 0 Å². The molecule has 0 aliphatic rings. The Morgan fingerprint density at radius 1 is 1.13 bits per heavy atom. The maximum atomic E-state index is 11.1. The minimum atomic E-state index is -0.424. The number of benzene rings is 1. The van der Waals surface area contributed by atoms with Crippen molar-refractivity contribution in [3.63, 3.8) is 0 Å². The average molecular weight is 431 g/mol. The van der Waals surface area contributed by atoms with Crippen molar-refractivity contribution in [2.45, 2.75) is 0 Å². The van der Waals surface area contributed by atoms with Crippen LogP contribution in [0.1, 0.15) is 0 Å². The van der Waals surface area contributed by atoms with E-state index in [2.05, 4.69) is 10.6 Å².